The minimum absolute atomic E-state index is 0.0190. The molecule has 2 fully saturated rings. The van der Waals surface area contributed by atoms with Crippen molar-refractivity contribution in [2.45, 2.75) is 38.3 Å². The van der Waals surface area contributed by atoms with Crippen molar-refractivity contribution in [2.24, 2.45) is 17.1 Å². The molecule has 6 heteroatoms. The molecular weight excluding hydrogens is 544 g/mol. The Hall–Kier alpha value is -4.42. The quantitative estimate of drug-likeness (QED) is 0.328. The second-order valence-electron chi connectivity index (χ2n) is 12.6. The van der Waals surface area contributed by atoms with Crippen molar-refractivity contribution in [3.05, 3.63) is 144 Å². The normalized spacial score (nSPS) is 21.2. The van der Waals surface area contributed by atoms with Crippen molar-refractivity contribution >= 4 is 11.8 Å². The van der Waals surface area contributed by atoms with E-state index in [0.29, 0.717) is 19.6 Å². The van der Waals surface area contributed by atoms with Gasteiger partial charge in [-0.3, -0.25) is 14.5 Å². The minimum Gasteiger partial charge on any atom is -0.368 e. The van der Waals surface area contributed by atoms with E-state index < -0.39 is 22.9 Å². The van der Waals surface area contributed by atoms with Crippen molar-refractivity contribution in [3.8, 4) is 0 Å². The average Bonchev–Trinajstić information content (AvgIpc) is 3.49. The zero-order valence-corrected chi connectivity index (χ0v) is 25.7. The molecule has 3 aliphatic heterocycles. The first-order valence-corrected chi connectivity index (χ1v) is 15.7. The molecule has 3 aliphatic rings. The van der Waals surface area contributed by atoms with E-state index in [2.05, 4.69) is 131 Å². The molecule has 2 amide bonds. The molecule has 2 N–H and O–H groups in total. The summed E-state index contributed by atoms with van der Waals surface area (Å²) in [5, 5.41) is 0. The predicted molar refractivity (Wildman–Crippen MR) is 175 cm³/mol. The number of carbonyl (C=O) groups is 2. The number of hydrogen-bond acceptors (Lipinski definition) is 4. The molecule has 0 radical (unpaired) electrons. The Morgan fingerprint density at radius 3 is 1.89 bits per heavy atom. The van der Waals surface area contributed by atoms with Gasteiger partial charge in [0.25, 0.3) is 0 Å². The zero-order valence-electron chi connectivity index (χ0n) is 25.7. The monoisotopic (exact) mass is 586 g/mol. The minimum atomic E-state index is -0.637. The number of amides is 2. The van der Waals surface area contributed by atoms with Crippen LogP contribution in [0.4, 0.5) is 0 Å². The van der Waals surface area contributed by atoms with Gasteiger partial charge in [-0.2, -0.15) is 0 Å². The van der Waals surface area contributed by atoms with E-state index in [1.807, 2.05) is 13.8 Å². The second-order valence-corrected chi connectivity index (χ2v) is 12.6. The summed E-state index contributed by atoms with van der Waals surface area (Å²) in [5.41, 5.74) is 9.30. The lowest BCUT2D eigenvalue weighted by atomic mass is 9.75. The fourth-order valence-corrected chi connectivity index (χ4v) is 7.61. The van der Waals surface area contributed by atoms with Gasteiger partial charge < -0.3 is 15.5 Å². The summed E-state index contributed by atoms with van der Waals surface area (Å²) in [6.07, 6.45) is 12.2. The average molecular weight is 587 g/mol. The number of nitrogens with two attached hydrogens (primary N) is 1. The molecule has 0 aliphatic carbocycles. The number of allylic oxidation sites excluding steroid dienone is 4. The van der Waals surface area contributed by atoms with Gasteiger partial charge in [-0.1, -0.05) is 117 Å². The smallest absolute Gasteiger partial charge is 0.240 e. The summed E-state index contributed by atoms with van der Waals surface area (Å²) in [7, 11) is 0. The Balaban J connectivity index is 1.38. The topological polar surface area (TPSA) is 69.9 Å². The van der Waals surface area contributed by atoms with Crippen molar-refractivity contribution in [2.75, 3.05) is 26.2 Å². The number of hydrogen-bond donors (Lipinski definition) is 1. The molecule has 1 unspecified atom stereocenters. The number of carbonyl (C=O) groups excluding carboxylic acids is 2. The Morgan fingerprint density at radius 2 is 1.36 bits per heavy atom. The fourth-order valence-electron chi connectivity index (χ4n) is 7.61. The maximum Gasteiger partial charge on any atom is 0.240 e. The van der Waals surface area contributed by atoms with Crippen LogP contribution in [0.25, 0.3) is 0 Å². The van der Waals surface area contributed by atoms with E-state index in [4.69, 9.17) is 5.73 Å². The van der Waals surface area contributed by atoms with E-state index in [1.165, 1.54) is 16.7 Å². The molecule has 3 aromatic rings. The van der Waals surface area contributed by atoms with Crippen LogP contribution < -0.4 is 5.73 Å². The van der Waals surface area contributed by atoms with Crippen molar-refractivity contribution < 1.29 is 9.59 Å². The van der Waals surface area contributed by atoms with Crippen molar-refractivity contribution in [3.63, 3.8) is 0 Å². The molecule has 2 atom stereocenters. The summed E-state index contributed by atoms with van der Waals surface area (Å²) >= 11 is 0. The van der Waals surface area contributed by atoms with Gasteiger partial charge in [0.05, 0.1) is 5.41 Å². The van der Waals surface area contributed by atoms with E-state index in [1.54, 1.807) is 4.90 Å². The number of nitrogens with zero attached hydrogens (tertiary/aromatic N) is 3. The summed E-state index contributed by atoms with van der Waals surface area (Å²) in [6.45, 7) is 6.66. The van der Waals surface area contributed by atoms with Crippen LogP contribution >= 0.6 is 0 Å². The third kappa shape index (κ3) is 5.17. The lowest BCUT2D eigenvalue weighted by Gasteiger charge is -2.46. The Labute approximate surface area is 261 Å². The molecule has 6 rings (SSSR count). The molecule has 0 bridgehead atoms. The molecule has 3 heterocycles. The predicted octanol–water partition coefficient (Wildman–Crippen LogP) is 5.68. The third-order valence-electron chi connectivity index (χ3n) is 9.61. The second kappa shape index (κ2) is 12.3. The first-order valence-electron chi connectivity index (χ1n) is 15.7. The van der Waals surface area contributed by atoms with Gasteiger partial charge in [-0.25, -0.2) is 0 Å². The Morgan fingerprint density at radius 1 is 0.818 bits per heavy atom. The molecule has 6 nitrogen and oxygen atoms in total. The van der Waals surface area contributed by atoms with Gasteiger partial charge >= 0.3 is 0 Å². The van der Waals surface area contributed by atoms with Crippen LogP contribution in [0.15, 0.2) is 127 Å². The Bertz CT molecular complexity index is 1470. The zero-order chi connectivity index (χ0) is 30.7. The molecular formula is C38H42N4O2. The SMILES string of the molecule is CC(C)C(C(N)=O)N1CC[C@]2(CCN(CC3=CC=CC=CN3C(c3ccccc3)(c3ccccc3)c3ccccc3)C2)C1=O. The summed E-state index contributed by atoms with van der Waals surface area (Å²) < 4.78 is 0. The number of primary amides is 1. The third-order valence-corrected chi connectivity index (χ3v) is 9.61. The largest absolute Gasteiger partial charge is 0.368 e. The van der Waals surface area contributed by atoms with E-state index >= 15 is 0 Å². The molecule has 2 saturated heterocycles. The lowest BCUT2D eigenvalue weighted by molar-refractivity contribution is -0.142. The molecule has 0 saturated carbocycles. The maximum atomic E-state index is 13.9. The summed E-state index contributed by atoms with van der Waals surface area (Å²) in [4.78, 5) is 32.8. The van der Waals surface area contributed by atoms with Crippen molar-refractivity contribution in [1.82, 2.24) is 14.7 Å². The first kappa shape index (κ1) is 29.6. The van der Waals surface area contributed by atoms with E-state index in [-0.39, 0.29) is 11.8 Å². The van der Waals surface area contributed by atoms with Gasteiger partial charge in [0, 0.05) is 31.5 Å². The highest BCUT2D eigenvalue weighted by molar-refractivity contribution is 5.91. The van der Waals surface area contributed by atoms with Crippen LogP contribution in [0.2, 0.25) is 0 Å². The van der Waals surface area contributed by atoms with Gasteiger partial charge in [0.2, 0.25) is 11.8 Å². The van der Waals surface area contributed by atoms with Crippen LogP contribution in [-0.2, 0) is 15.1 Å². The van der Waals surface area contributed by atoms with Gasteiger partial charge in [0.1, 0.15) is 11.6 Å². The Kier molecular flexibility index (Phi) is 8.28. The maximum absolute atomic E-state index is 13.9. The van der Waals surface area contributed by atoms with Gasteiger partial charge in [-0.15, -0.1) is 0 Å². The van der Waals surface area contributed by atoms with E-state index in [0.717, 1.165) is 25.1 Å². The molecule has 0 aromatic heterocycles. The number of rotatable bonds is 9. The number of benzene rings is 3. The highest BCUT2D eigenvalue weighted by Crippen LogP contribution is 2.46. The van der Waals surface area contributed by atoms with Crippen LogP contribution in [0.3, 0.4) is 0 Å². The number of likely N-dealkylation sites (tertiary alicyclic amines) is 2. The standard InChI is InChI=1S/C38H42N4O2/c1-29(2)34(35(39)43)41-26-23-37(36(41)44)22-25-40(28-37)27-33-21-13-6-14-24-42(33)38(30-15-7-3-8-16-30,31-17-9-4-10-18-31)32-19-11-5-12-20-32/h3-21,24,29,34H,22-23,25-28H2,1-2H3,(H2,39,43)/t34?,37-/m0/s1. The van der Waals surface area contributed by atoms with Crippen LogP contribution in [0.1, 0.15) is 43.4 Å². The lowest BCUT2D eigenvalue weighted by Crippen LogP contribution is -2.51. The van der Waals surface area contributed by atoms with Crippen molar-refractivity contribution in [1.29, 1.82) is 0 Å². The first-order chi connectivity index (χ1) is 21.4. The van der Waals surface area contributed by atoms with Gasteiger partial charge in [-0.05, 0) is 54.1 Å². The highest BCUT2D eigenvalue weighted by Gasteiger charge is 2.53. The van der Waals surface area contributed by atoms with E-state index in [9.17, 15) is 9.59 Å². The molecule has 3 aromatic carbocycles. The molecule has 44 heavy (non-hydrogen) atoms. The van der Waals surface area contributed by atoms with Gasteiger partial charge in [0.15, 0.2) is 0 Å². The summed E-state index contributed by atoms with van der Waals surface area (Å²) in [5.74, 6) is -0.359. The summed E-state index contributed by atoms with van der Waals surface area (Å²) in [6, 6.07) is 31.6. The molecule has 1 spiro atoms. The van der Waals surface area contributed by atoms with Crippen LogP contribution in [-0.4, -0.2) is 58.7 Å². The fraction of sp³-hybridized carbons (Fsp3) is 0.316. The van der Waals surface area contributed by atoms with Crippen LogP contribution in [0.5, 0.6) is 0 Å². The molecule has 226 valence electrons. The highest BCUT2D eigenvalue weighted by atomic mass is 16.2. The van der Waals surface area contributed by atoms with Crippen LogP contribution in [0, 0.1) is 11.3 Å².